The van der Waals surface area contributed by atoms with Gasteiger partial charge in [0, 0.05) is 23.5 Å². The minimum Gasteiger partial charge on any atom is -0.421 e. The topological polar surface area (TPSA) is 39.2 Å². The van der Waals surface area contributed by atoms with Gasteiger partial charge in [0.05, 0.1) is 10.0 Å². The summed E-state index contributed by atoms with van der Waals surface area (Å²) in [6.07, 6.45) is 3.41. The Morgan fingerprint density at radius 2 is 1.89 bits per heavy atom. The van der Waals surface area contributed by atoms with Crippen molar-refractivity contribution in [1.82, 2.24) is 4.98 Å². The van der Waals surface area contributed by atoms with Gasteiger partial charge in [0.2, 0.25) is 0 Å². The van der Waals surface area contributed by atoms with Crippen LogP contribution in [0.25, 0.3) is 10.2 Å². The van der Waals surface area contributed by atoms with Gasteiger partial charge in [-0.3, -0.25) is 4.98 Å². The van der Waals surface area contributed by atoms with Crippen LogP contribution < -0.4 is 0 Å². The third kappa shape index (κ3) is 1.75. The Hall–Kier alpha value is -1.94. The monoisotopic (exact) mass is 301 g/mol. The molecule has 1 aromatic heterocycles. The van der Waals surface area contributed by atoms with Crippen LogP contribution in [0, 0.1) is 0 Å². The number of hydrogen-bond acceptors (Lipinski definition) is 3. The fraction of sp³-hybridized carbons (Fsp3) is 0. The number of ether oxygens (including phenoxy) is 1. The molecular weight excluding hydrogens is 294 g/mol. The van der Waals surface area contributed by atoms with Crippen LogP contribution in [0.15, 0.2) is 48.8 Å². The largest absolute Gasteiger partial charge is 0.421 e. The molecule has 4 heteroatoms. The first-order chi connectivity index (χ1) is 8.77. The normalized spacial score (nSPS) is 16.2. The van der Waals surface area contributed by atoms with Crippen molar-refractivity contribution < 1.29 is 9.53 Å². The number of benzene rings is 1. The van der Waals surface area contributed by atoms with E-state index in [-0.39, 0.29) is 5.97 Å². The average Bonchev–Trinajstić information content (AvgIpc) is 2.77. The van der Waals surface area contributed by atoms with Gasteiger partial charge in [-0.05, 0) is 28.1 Å². The summed E-state index contributed by atoms with van der Waals surface area (Å²) in [4.78, 5) is 15.8. The lowest BCUT2D eigenvalue weighted by Crippen LogP contribution is -1.92. The number of nitrogens with zero attached hydrogens (tertiary/aromatic N) is 1. The highest BCUT2D eigenvalue weighted by atomic mass is 79.9. The molecule has 1 aliphatic rings. The fourth-order valence-electron chi connectivity index (χ4n) is 1.85. The Labute approximate surface area is 112 Å². The van der Waals surface area contributed by atoms with Crippen molar-refractivity contribution in [3.05, 3.63) is 65.5 Å². The SMILES string of the molecule is O=C1O/C(=C(\Br)c2cccnc2)c2ccccc21. The van der Waals surface area contributed by atoms with Gasteiger partial charge in [-0.15, -0.1) is 0 Å². The quantitative estimate of drug-likeness (QED) is 0.757. The van der Waals surface area contributed by atoms with Crippen molar-refractivity contribution in [2.75, 3.05) is 0 Å². The molecule has 18 heavy (non-hydrogen) atoms. The molecule has 0 N–H and O–H groups in total. The average molecular weight is 302 g/mol. The molecule has 0 saturated carbocycles. The van der Waals surface area contributed by atoms with E-state index in [0.29, 0.717) is 11.3 Å². The fourth-order valence-corrected chi connectivity index (χ4v) is 2.38. The summed E-state index contributed by atoms with van der Waals surface area (Å²) >= 11 is 3.47. The van der Waals surface area contributed by atoms with Crippen LogP contribution in [0.4, 0.5) is 0 Å². The van der Waals surface area contributed by atoms with E-state index in [1.54, 1.807) is 18.5 Å². The Bertz CT molecular complexity index is 650. The molecule has 0 aliphatic carbocycles. The predicted octanol–water partition coefficient (Wildman–Crippen LogP) is 3.47. The van der Waals surface area contributed by atoms with Gasteiger partial charge in [-0.25, -0.2) is 4.79 Å². The van der Waals surface area contributed by atoms with Crippen molar-refractivity contribution in [3.8, 4) is 0 Å². The minimum atomic E-state index is -0.318. The van der Waals surface area contributed by atoms with Crippen molar-refractivity contribution >= 4 is 32.1 Å². The van der Waals surface area contributed by atoms with Crippen LogP contribution in [0.2, 0.25) is 0 Å². The number of fused-ring (bicyclic) bond motifs is 1. The van der Waals surface area contributed by atoms with Gasteiger partial charge in [0.1, 0.15) is 0 Å². The van der Waals surface area contributed by atoms with E-state index in [2.05, 4.69) is 20.9 Å². The van der Waals surface area contributed by atoms with E-state index >= 15 is 0 Å². The first kappa shape index (κ1) is 11.2. The van der Waals surface area contributed by atoms with E-state index in [9.17, 15) is 4.79 Å². The van der Waals surface area contributed by atoms with Crippen LogP contribution >= 0.6 is 15.9 Å². The van der Waals surface area contributed by atoms with Gasteiger partial charge in [-0.2, -0.15) is 0 Å². The molecule has 3 nitrogen and oxygen atoms in total. The molecule has 2 aromatic rings. The predicted molar refractivity (Wildman–Crippen MR) is 71.8 cm³/mol. The van der Waals surface area contributed by atoms with Gasteiger partial charge >= 0.3 is 5.97 Å². The van der Waals surface area contributed by atoms with E-state index in [1.165, 1.54) is 0 Å². The summed E-state index contributed by atoms with van der Waals surface area (Å²) in [5.41, 5.74) is 2.27. The first-order valence-corrected chi connectivity index (χ1v) is 6.18. The summed E-state index contributed by atoms with van der Waals surface area (Å²) < 4.78 is 6.04. The molecule has 0 spiro atoms. The zero-order valence-corrected chi connectivity index (χ0v) is 10.8. The maximum absolute atomic E-state index is 11.7. The Kier molecular flexibility index (Phi) is 2.72. The molecule has 0 atom stereocenters. The molecule has 0 radical (unpaired) electrons. The van der Waals surface area contributed by atoms with Gasteiger partial charge in [0.25, 0.3) is 0 Å². The number of esters is 1. The first-order valence-electron chi connectivity index (χ1n) is 5.39. The Morgan fingerprint density at radius 1 is 1.11 bits per heavy atom. The summed E-state index contributed by atoms with van der Waals surface area (Å²) in [6, 6.07) is 11.1. The van der Waals surface area contributed by atoms with Crippen LogP contribution in [0.5, 0.6) is 0 Å². The van der Waals surface area contributed by atoms with Crippen molar-refractivity contribution in [2.24, 2.45) is 0 Å². The molecule has 0 unspecified atom stereocenters. The number of aromatic nitrogens is 1. The molecule has 0 fully saturated rings. The zero-order valence-electron chi connectivity index (χ0n) is 9.26. The molecule has 3 rings (SSSR count). The van der Waals surface area contributed by atoms with Crippen LogP contribution in [-0.2, 0) is 4.74 Å². The Balaban J connectivity index is 2.17. The second-order valence-corrected chi connectivity index (χ2v) is 4.61. The molecule has 0 amide bonds. The van der Waals surface area contributed by atoms with Crippen LogP contribution in [0.3, 0.4) is 0 Å². The van der Waals surface area contributed by atoms with Crippen molar-refractivity contribution in [2.45, 2.75) is 0 Å². The highest BCUT2D eigenvalue weighted by Gasteiger charge is 2.28. The molecule has 0 bridgehead atoms. The van der Waals surface area contributed by atoms with Gasteiger partial charge < -0.3 is 4.74 Å². The summed E-state index contributed by atoms with van der Waals surface area (Å²) in [5.74, 6) is 0.227. The number of hydrogen-bond donors (Lipinski definition) is 0. The van der Waals surface area contributed by atoms with Gasteiger partial charge in [-0.1, -0.05) is 24.3 Å². The van der Waals surface area contributed by atoms with E-state index in [4.69, 9.17) is 4.74 Å². The van der Waals surface area contributed by atoms with E-state index in [1.807, 2.05) is 30.3 Å². The summed E-state index contributed by atoms with van der Waals surface area (Å²) in [7, 11) is 0. The third-order valence-electron chi connectivity index (χ3n) is 2.70. The third-order valence-corrected chi connectivity index (χ3v) is 3.52. The highest BCUT2D eigenvalue weighted by Crippen LogP contribution is 2.38. The summed E-state index contributed by atoms with van der Waals surface area (Å²) in [5, 5.41) is 0. The van der Waals surface area contributed by atoms with Crippen LogP contribution in [-0.4, -0.2) is 11.0 Å². The number of carbonyl (C=O) groups excluding carboxylic acids is 1. The summed E-state index contributed by atoms with van der Waals surface area (Å²) in [6.45, 7) is 0. The van der Waals surface area contributed by atoms with E-state index in [0.717, 1.165) is 15.6 Å². The standard InChI is InChI=1S/C14H8BrNO2/c15-12(9-4-3-7-16-8-9)13-10-5-1-2-6-11(10)14(17)18-13/h1-8H/b13-12-. The molecule has 88 valence electrons. The maximum atomic E-state index is 11.7. The molecule has 1 aromatic carbocycles. The number of rotatable bonds is 1. The minimum absolute atomic E-state index is 0.318. The highest BCUT2D eigenvalue weighted by molar-refractivity contribution is 9.15. The van der Waals surface area contributed by atoms with Crippen molar-refractivity contribution in [1.29, 1.82) is 0 Å². The second kappa shape index (κ2) is 4.38. The molecular formula is C14H8BrNO2. The lowest BCUT2D eigenvalue weighted by atomic mass is 10.1. The number of carbonyl (C=O) groups is 1. The molecule has 2 heterocycles. The number of cyclic esters (lactones) is 1. The second-order valence-electron chi connectivity index (χ2n) is 3.82. The smallest absolute Gasteiger partial charge is 0.344 e. The molecule has 1 aliphatic heterocycles. The number of pyridine rings is 1. The lowest BCUT2D eigenvalue weighted by molar-refractivity contribution is 0.0717. The zero-order chi connectivity index (χ0) is 12.5. The maximum Gasteiger partial charge on any atom is 0.344 e. The molecule has 0 saturated heterocycles. The van der Waals surface area contributed by atoms with Crippen LogP contribution in [0.1, 0.15) is 21.5 Å². The van der Waals surface area contributed by atoms with E-state index < -0.39 is 0 Å². The van der Waals surface area contributed by atoms with Gasteiger partial charge in [0.15, 0.2) is 5.76 Å². The Morgan fingerprint density at radius 3 is 2.61 bits per heavy atom. The lowest BCUT2D eigenvalue weighted by Gasteiger charge is -2.03. The number of halogens is 1. The van der Waals surface area contributed by atoms with Crippen molar-refractivity contribution in [3.63, 3.8) is 0 Å².